The minimum atomic E-state index is -1.71. The van der Waals surface area contributed by atoms with Crippen LogP contribution in [-0.4, -0.2) is 11.9 Å². The standard InChI is InChI=1S/C19H16O4/c1-3-17(20)22-19(23-18(21)4-2,15-11-7-5-8-12-15)16-13-9-6-10-14-16/h3-14H,1-2H2. The summed E-state index contributed by atoms with van der Waals surface area (Å²) in [6.07, 6.45) is 2.03. The summed E-state index contributed by atoms with van der Waals surface area (Å²) in [7, 11) is 0. The van der Waals surface area contributed by atoms with Crippen LogP contribution in [0.15, 0.2) is 86.0 Å². The summed E-state index contributed by atoms with van der Waals surface area (Å²) in [5.74, 6) is -3.14. The minimum absolute atomic E-state index is 0.497. The normalized spacial score (nSPS) is 10.4. The number of ether oxygens (including phenoxy) is 2. The topological polar surface area (TPSA) is 52.6 Å². The zero-order chi connectivity index (χ0) is 16.7. The van der Waals surface area contributed by atoms with Gasteiger partial charge in [0.15, 0.2) is 0 Å². The molecule has 0 radical (unpaired) electrons. The molecule has 0 fully saturated rings. The van der Waals surface area contributed by atoms with Crippen LogP contribution in [0.1, 0.15) is 11.1 Å². The van der Waals surface area contributed by atoms with E-state index in [-0.39, 0.29) is 0 Å². The summed E-state index contributed by atoms with van der Waals surface area (Å²) in [5, 5.41) is 0. The minimum Gasteiger partial charge on any atom is -0.410 e. The second-order valence-corrected chi connectivity index (χ2v) is 4.60. The maximum atomic E-state index is 11.9. The van der Waals surface area contributed by atoms with E-state index in [1.807, 2.05) is 12.1 Å². The molecule has 2 rings (SSSR count). The first-order valence-corrected chi connectivity index (χ1v) is 6.94. The lowest BCUT2D eigenvalue weighted by molar-refractivity contribution is -0.212. The molecule has 2 aromatic rings. The molecule has 0 amide bonds. The molecular weight excluding hydrogens is 292 g/mol. The van der Waals surface area contributed by atoms with Gasteiger partial charge in [0.25, 0.3) is 0 Å². The molecule has 0 aliphatic rings. The van der Waals surface area contributed by atoms with Crippen molar-refractivity contribution in [1.29, 1.82) is 0 Å². The number of hydrogen-bond donors (Lipinski definition) is 0. The van der Waals surface area contributed by atoms with Crippen molar-refractivity contribution in [2.45, 2.75) is 5.79 Å². The molecule has 0 N–H and O–H groups in total. The summed E-state index contributed by atoms with van der Waals surface area (Å²) < 4.78 is 11.0. The maximum absolute atomic E-state index is 11.9. The molecule has 0 bridgehead atoms. The van der Waals surface area contributed by atoms with Crippen LogP contribution in [0.4, 0.5) is 0 Å². The van der Waals surface area contributed by atoms with Gasteiger partial charge in [-0.1, -0.05) is 73.8 Å². The van der Waals surface area contributed by atoms with Crippen LogP contribution >= 0.6 is 0 Å². The molecule has 2 aromatic carbocycles. The Balaban J connectivity index is 2.66. The Bertz CT molecular complexity index is 641. The van der Waals surface area contributed by atoms with Gasteiger partial charge < -0.3 is 9.47 Å². The third kappa shape index (κ3) is 3.55. The maximum Gasteiger partial charge on any atom is 0.333 e. The highest BCUT2D eigenvalue weighted by atomic mass is 16.7. The molecule has 4 heteroatoms. The van der Waals surface area contributed by atoms with E-state index in [1.54, 1.807) is 48.5 Å². The van der Waals surface area contributed by atoms with E-state index < -0.39 is 17.7 Å². The first-order valence-electron chi connectivity index (χ1n) is 6.94. The number of carbonyl (C=O) groups excluding carboxylic acids is 2. The van der Waals surface area contributed by atoms with Crippen molar-refractivity contribution < 1.29 is 19.1 Å². The Morgan fingerprint density at radius 2 is 1.09 bits per heavy atom. The van der Waals surface area contributed by atoms with E-state index in [2.05, 4.69) is 13.2 Å². The van der Waals surface area contributed by atoms with E-state index in [4.69, 9.17) is 9.47 Å². The lowest BCUT2D eigenvalue weighted by Gasteiger charge is -2.32. The van der Waals surface area contributed by atoms with Crippen LogP contribution in [0.3, 0.4) is 0 Å². The van der Waals surface area contributed by atoms with Crippen LogP contribution in [0.2, 0.25) is 0 Å². The lowest BCUT2D eigenvalue weighted by atomic mass is 9.97. The van der Waals surface area contributed by atoms with Crippen molar-refractivity contribution >= 4 is 11.9 Å². The highest BCUT2D eigenvalue weighted by molar-refractivity contribution is 5.84. The Morgan fingerprint density at radius 1 is 0.739 bits per heavy atom. The van der Waals surface area contributed by atoms with Gasteiger partial charge in [-0.25, -0.2) is 9.59 Å². The van der Waals surface area contributed by atoms with Crippen molar-refractivity contribution in [2.75, 3.05) is 0 Å². The van der Waals surface area contributed by atoms with Gasteiger partial charge in [0.05, 0.1) is 0 Å². The highest BCUT2D eigenvalue weighted by Gasteiger charge is 2.42. The van der Waals surface area contributed by atoms with Gasteiger partial charge in [0.2, 0.25) is 0 Å². The molecule has 0 unspecified atom stereocenters. The zero-order valence-electron chi connectivity index (χ0n) is 12.5. The monoisotopic (exact) mass is 308 g/mol. The Morgan fingerprint density at radius 3 is 1.39 bits per heavy atom. The van der Waals surface area contributed by atoms with E-state index >= 15 is 0 Å². The Labute approximate surface area is 134 Å². The third-order valence-electron chi connectivity index (χ3n) is 3.13. The quantitative estimate of drug-likeness (QED) is 0.466. The summed E-state index contributed by atoms with van der Waals surface area (Å²) in [4.78, 5) is 23.8. The Kier molecular flexibility index (Phi) is 5.10. The first-order chi connectivity index (χ1) is 11.1. The number of benzene rings is 2. The summed E-state index contributed by atoms with van der Waals surface area (Å²) in [5.41, 5.74) is 0.994. The average Bonchev–Trinajstić information content (AvgIpc) is 2.62. The van der Waals surface area contributed by atoms with Crippen molar-refractivity contribution in [2.24, 2.45) is 0 Å². The molecule has 0 spiro atoms. The van der Waals surface area contributed by atoms with Crippen molar-refractivity contribution in [1.82, 2.24) is 0 Å². The molecule has 0 heterocycles. The molecule has 23 heavy (non-hydrogen) atoms. The fourth-order valence-electron chi connectivity index (χ4n) is 2.10. The van der Waals surface area contributed by atoms with E-state index in [1.165, 1.54) is 0 Å². The first kappa shape index (κ1) is 16.2. The SMILES string of the molecule is C=CC(=O)OC(OC(=O)C=C)(c1ccccc1)c1ccccc1. The number of rotatable bonds is 6. The fraction of sp³-hybridized carbons (Fsp3) is 0.0526. The van der Waals surface area contributed by atoms with Gasteiger partial charge in [-0.05, 0) is 0 Å². The zero-order valence-corrected chi connectivity index (χ0v) is 12.5. The molecule has 0 saturated carbocycles. The molecular formula is C19H16O4. The molecule has 0 atom stereocenters. The van der Waals surface area contributed by atoms with Crippen LogP contribution in [0.5, 0.6) is 0 Å². The van der Waals surface area contributed by atoms with E-state index in [0.717, 1.165) is 12.2 Å². The van der Waals surface area contributed by atoms with Gasteiger partial charge >= 0.3 is 17.7 Å². The third-order valence-corrected chi connectivity index (χ3v) is 3.13. The highest BCUT2D eigenvalue weighted by Crippen LogP contribution is 2.35. The van der Waals surface area contributed by atoms with Gasteiger partial charge in [-0.3, -0.25) is 0 Å². The summed E-state index contributed by atoms with van der Waals surface area (Å²) in [6.45, 7) is 6.79. The van der Waals surface area contributed by atoms with E-state index in [0.29, 0.717) is 11.1 Å². The molecule has 0 aliphatic heterocycles. The van der Waals surface area contributed by atoms with Crippen molar-refractivity contribution in [3.8, 4) is 0 Å². The number of carbonyl (C=O) groups is 2. The van der Waals surface area contributed by atoms with Gasteiger partial charge in [-0.15, -0.1) is 0 Å². The molecule has 0 saturated heterocycles. The number of hydrogen-bond acceptors (Lipinski definition) is 4. The Hall–Kier alpha value is -3.14. The van der Waals surface area contributed by atoms with Gasteiger partial charge in [-0.2, -0.15) is 0 Å². The van der Waals surface area contributed by atoms with Gasteiger partial charge in [0.1, 0.15) is 0 Å². The molecule has 116 valence electrons. The van der Waals surface area contributed by atoms with Crippen molar-refractivity contribution in [3.05, 3.63) is 97.1 Å². The lowest BCUT2D eigenvalue weighted by Crippen LogP contribution is -2.38. The summed E-state index contributed by atoms with van der Waals surface area (Å²) >= 11 is 0. The molecule has 4 nitrogen and oxygen atoms in total. The predicted octanol–water partition coefficient (Wildman–Crippen LogP) is 3.35. The largest absolute Gasteiger partial charge is 0.410 e. The average molecular weight is 308 g/mol. The second kappa shape index (κ2) is 7.22. The fourth-order valence-corrected chi connectivity index (χ4v) is 2.10. The van der Waals surface area contributed by atoms with E-state index in [9.17, 15) is 9.59 Å². The van der Waals surface area contributed by atoms with Crippen LogP contribution < -0.4 is 0 Å². The van der Waals surface area contributed by atoms with Crippen molar-refractivity contribution in [3.63, 3.8) is 0 Å². The van der Waals surface area contributed by atoms with Crippen LogP contribution in [-0.2, 0) is 24.8 Å². The molecule has 0 aliphatic carbocycles. The summed E-state index contributed by atoms with van der Waals surface area (Å²) in [6, 6.07) is 17.5. The predicted molar refractivity (Wildman–Crippen MR) is 86.2 cm³/mol. The smallest absolute Gasteiger partial charge is 0.333 e. The van der Waals surface area contributed by atoms with Gasteiger partial charge in [0, 0.05) is 23.3 Å². The molecule has 0 aromatic heterocycles. The second-order valence-electron chi connectivity index (χ2n) is 4.60. The van der Waals surface area contributed by atoms with Crippen LogP contribution in [0.25, 0.3) is 0 Å². The van der Waals surface area contributed by atoms with Crippen LogP contribution in [0, 0.1) is 0 Å². The number of esters is 2.